The van der Waals surface area contributed by atoms with Gasteiger partial charge in [-0.3, -0.25) is 0 Å². The Kier molecular flexibility index (Phi) is 4.70. The minimum Gasteiger partial charge on any atom is -0.478 e. The Morgan fingerprint density at radius 3 is 3.05 bits per heavy atom. The molecule has 1 heterocycles. The van der Waals surface area contributed by atoms with Crippen molar-refractivity contribution in [1.29, 1.82) is 0 Å². The maximum Gasteiger partial charge on any atom is 0.335 e. The third-order valence-corrected chi connectivity index (χ3v) is 3.13. The molecule has 1 saturated heterocycles. The second-order valence-corrected chi connectivity index (χ2v) is 4.76. The lowest BCUT2D eigenvalue weighted by molar-refractivity contribution is 0.0697. The average Bonchev–Trinajstić information content (AvgIpc) is 2.90. The Morgan fingerprint density at radius 1 is 1.53 bits per heavy atom. The van der Waals surface area contributed by atoms with E-state index in [1.165, 1.54) is 6.07 Å². The summed E-state index contributed by atoms with van der Waals surface area (Å²) < 4.78 is 5.48. The van der Waals surface area contributed by atoms with Gasteiger partial charge in [0.2, 0.25) is 0 Å². The minimum absolute atomic E-state index is 0.213. The largest absolute Gasteiger partial charge is 0.478 e. The topological polar surface area (TPSA) is 70.6 Å². The molecule has 0 aliphatic carbocycles. The van der Waals surface area contributed by atoms with Crippen molar-refractivity contribution < 1.29 is 14.6 Å². The Bertz CT molecular complexity index is 473. The van der Waals surface area contributed by atoms with Crippen LogP contribution in [0.1, 0.15) is 23.2 Å². The third-order valence-electron chi connectivity index (χ3n) is 2.88. The van der Waals surface area contributed by atoms with Gasteiger partial charge in [0.25, 0.3) is 0 Å². The van der Waals surface area contributed by atoms with Gasteiger partial charge >= 0.3 is 5.97 Å². The molecule has 1 unspecified atom stereocenters. The SMILES string of the molecule is O=C(O)c1cccc(NC(=S)NCC2CCCO2)c1. The highest BCUT2D eigenvalue weighted by atomic mass is 32.1. The number of thiocarbonyl (C=S) groups is 1. The molecule has 0 spiro atoms. The van der Waals surface area contributed by atoms with Crippen LogP contribution in [0.15, 0.2) is 24.3 Å². The number of hydrogen-bond donors (Lipinski definition) is 3. The highest BCUT2D eigenvalue weighted by molar-refractivity contribution is 7.80. The zero-order valence-corrected chi connectivity index (χ0v) is 11.2. The first-order valence-corrected chi connectivity index (χ1v) is 6.56. The Balaban J connectivity index is 1.84. The summed E-state index contributed by atoms with van der Waals surface area (Å²) in [6, 6.07) is 6.53. The summed E-state index contributed by atoms with van der Waals surface area (Å²) in [5, 5.41) is 15.4. The summed E-state index contributed by atoms with van der Waals surface area (Å²) >= 11 is 5.15. The van der Waals surface area contributed by atoms with Crippen molar-refractivity contribution in [1.82, 2.24) is 5.32 Å². The van der Waals surface area contributed by atoms with E-state index in [9.17, 15) is 4.79 Å². The van der Waals surface area contributed by atoms with E-state index in [4.69, 9.17) is 22.1 Å². The standard InChI is InChI=1S/C13H16N2O3S/c16-12(17)9-3-1-4-10(7-9)15-13(19)14-8-11-5-2-6-18-11/h1,3-4,7,11H,2,5-6,8H2,(H,16,17)(H2,14,15,19). The first-order chi connectivity index (χ1) is 9.15. The fourth-order valence-electron chi connectivity index (χ4n) is 1.92. The fourth-order valence-corrected chi connectivity index (χ4v) is 2.12. The minimum atomic E-state index is -0.957. The molecule has 0 aromatic heterocycles. The van der Waals surface area contributed by atoms with E-state index in [0.717, 1.165) is 19.4 Å². The van der Waals surface area contributed by atoms with Crippen LogP contribution in [0.5, 0.6) is 0 Å². The number of rotatable bonds is 4. The maximum absolute atomic E-state index is 10.8. The molecule has 1 aromatic rings. The number of nitrogens with one attached hydrogen (secondary N) is 2. The van der Waals surface area contributed by atoms with Crippen molar-refractivity contribution in [2.45, 2.75) is 18.9 Å². The monoisotopic (exact) mass is 280 g/mol. The number of aromatic carboxylic acids is 1. The second-order valence-electron chi connectivity index (χ2n) is 4.36. The van der Waals surface area contributed by atoms with Crippen molar-refractivity contribution in [2.24, 2.45) is 0 Å². The average molecular weight is 280 g/mol. The molecular weight excluding hydrogens is 264 g/mol. The van der Waals surface area contributed by atoms with Gasteiger partial charge in [0.05, 0.1) is 11.7 Å². The molecule has 19 heavy (non-hydrogen) atoms. The van der Waals surface area contributed by atoms with Crippen LogP contribution in [0.2, 0.25) is 0 Å². The first kappa shape index (κ1) is 13.8. The molecule has 1 fully saturated rings. The van der Waals surface area contributed by atoms with Gasteiger partial charge in [-0.05, 0) is 43.3 Å². The number of hydrogen-bond acceptors (Lipinski definition) is 3. The smallest absolute Gasteiger partial charge is 0.335 e. The summed E-state index contributed by atoms with van der Waals surface area (Å²) in [5.74, 6) is -0.957. The van der Waals surface area contributed by atoms with Crippen LogP contribution in [0.4, 0.5) is 5.69 Å². The van der Waals surface area contributed by atoms with E-state index in [-0.39, 0.29) is 11.7 Å². The molecule has 0 saturated carbocycles. The van der Waals surface area contributed by atoms with Gasteiger partial charge in [-0.1, -0.05) is 6.07 Å². The summed E-state index contributed by atoms with van der Waals surface area (Å²) in [7, 11) is 0. The quantitative estimate of drug-likeness (QED) is 0.731. The van der Waals surface area contributed by atoms with Crippen molar-refractivity contribution in [3.63, 3.8) is 0 Å². The lowest BCUT2D eigenvalue weighted by atomic mass is 10.2. The van der Waals surface area contributed by atoms with E-state index in [1.54, 1.807) is 18.2 Å². The maximum atomic E-state index is 10.8. The molecular formula is C13H16N2O3S. The van der Waals surface area contributed by atoms with E-state index in [2.05, 4.69) is 10.6 Å². The van der Waals surface area contributed by atoms with Gasteiger partial charge in [0.15, 0.2) is 5.11 Å². The van der Waals surface area contributed by atoms with Crippen LogP contribution in [0, 0.1) is 0 Å². The molecule has 0 amide bonds. The van der Waals surface area contributed by atoms with E-state index in [0.29, 0.717) is 17.3 Å². The Morgan fingerprint density at radius 2 is 2.37 bits per heavy atom. The molecule has 1 aromatic carbocycles. The molecule has 1 aliphatic rings. The normalized spacial score (nSPS) is 18.0. The Hall–Kier alpha value is -1.66. The highest BCUT2D eigenvalue weighted by Gasteiger charge is 2.15. The zero-order chi connectivity index (χ0) is 13.7. The Labute approximate surface area is 117 Å². The number of benzene rings is 1. The zero-order valence-electron chi connectivity index (χ0n) is 10.4. The van der Waals surface area contributed by atoms with Crippen LogP contribution in [0.25, 0.3) is 0 Å². The molecule has 102 valence electrons. The van der Waals surface area contributed by atoms with Crippen LogP contribution < -0.4 is 10.6 Å². The number of carboxylic acids is 1. The molecule has 6 heteroatoms. The predicted octanol–water partition coefficient (Wildman–Crippen LogP) is 1.85. The van der Waals surface area contributed by atoms with Crippen LogP contribution in [-0.4, -0.2) is 35.4 Å². The number of carbonyl (C=O) groups is 1. The number of anilines is 1. The van der Waals surface area contributed by atoms with Crippen LogP contribution >= 0.6 is 12.2 Å². The van der Waals surface area contributed by atoms with Crippen molar-refractivity contribution in [3.8, 4) is 0 Å². The highest BCUT2D eigenvalue weighted by Crippen LogP contribution is 2.12. The van der Waals surface area contributed by atoms with Gasteiger partial charge < -0.3 is 20.5 Å². The second kappa shape index (κ2) is 6.49. The van der Waals surface area contributed by atoms with E-state index < -0.39 is 5.97 Å². The van der Waals surface area contributed by atoms with Gasteiger partial charge in [-0.25, -0.2) is 4.79 Å². The van der Waals surface area contributed by atoms with E-state index >= 15 is 0 Å². The van der Waals surface area contributed by atoms with Gasteiger partial charge in [-0.15, -0.1) is 0 Å². The molecule has 2 rings (SSSR count). The van der Waals surface area contributed by atoms with Crippen molar-refractivity contribution >= 4 is 29.0 Å². The first-order valence-electron chi connectivity index (χ1n) is 6.15. The molecule has 3 N–H and O–H groups in total. The molecule has 1 aliphatic heterocycles. The third kappa shape index (κ3) is 4.18. The van der Waals surface area contributed by atoms with Crippen LogP contribution in [-0.2, 0) is 4.74 Å². The fraction of sp³-hybridized carbons (Fsp3) is 0.385. The van der Waals surface area contributed by atoms with Crippen molar-refractivity contribution in [3.05, 3.63) is 29.8 Å². The van der Waals surface area contributed by atoms with Crippen molar-refractivity contribution in [2.75, 3.05) is 18.5 Å². The number of ether oxygens (including phenoxy) is 1. The summed E-state index contributed by atoms with van der Waals surface area (Å²) in [6.45, 7) is 1.48. The lowest BCUT2D eigenvalue weighted by Gasteiger charge is -2.14. The van der Waals surface area contributed by atoms with Gasteiger partial charge in [0, 0.05) is 18.8 Å². The molecule has 0 radical (unpaired) electrons. The lowest BCUT2D eigenvalue weighted by Crippen LogP contribution is -2.34. The summed E-state index contributed by atoms with van der Waals surface area (Å²) in [5.41, 5.74) is 0.886. The van der Waals surface area contributed by atoms with Gasteiger partial charge in [-0.2, -0.15) is 0 Å². The molecule has 0 bridgehead atoms. The van der Waals surface area contributed by atoms with Gasteiger partial charge in [0.1, 0.15) is 0 Å². The molecule has 5 nitrogen and oxygen atoms in total. The predicted molar refractivity (Wildman–Crippen MR) is 76.6 cm³/mol. The number of carboxylic acid groups (broad SMARTS) is 1. The summed E-state index contributed by atoms with van der Waals surface area (Å²) in [6.07, 6.45) is 2.35. The van der Waals surface area contributed by atoms with Crippen LogP contribution in [0.3, 0.4) is 0 Å². The summed E-state index contributed by atoms with van der Waals surface area (Å²) in [4.78, 5) is 10.8. The molecule has 1 atom stereocenters. The van der Waals surface area contributed by atoms with E-state index in [1.807, 2.05) is 0 Å².